The molecule has 5 aliphatic carbocycles. The molecule has 0 amide bonds. The van der Waals surface area contributed by atoms with E-state index in [4.69, 9.17) is 4.74 Å². The summed E-state index contributed by atoms with van der Waals surface area (Å²) in [5, 5.41) is 0. The van der Waals surface area contributed by atoms with Crippen molar-refractivity contribution in [3.8, 4) is 0 Å². The average Bonchev–Trinajstić information content (AvgIpc) is 3.07. The molecule has 0 heterocycles. The van der Waals surface area contributed by atoms with Crippen LogP contribution in [0.25, 0.3) is 0 Å². The first kappa shape index (κ1) is 24.9. The van der Waals surface area contributed by atoms with E-state index in [0.29, 0.717) is 22.2 Å². The Bertz CT molecular complexity index is 857. The van der Waals surface area contributed by atoms with Crippen LogP contribution in [-0.2, 0) is 9.53 Å². The lowest BCUT2D eigenvalue weighted by molar-refractivity contribution is -0.244. The Morgan fingerprint density at radius 1 is 0.853 bits per heavy atom. The molecule has 2 heteroatoms. The third-order valence-electron chi connectivity index (χ3n) is 13.6. The minimum absolute atomic E-state index is 0.0569. The first-order chi connectivity index (χ1) is 15.8. The lowest BCUT2D eigenvalue weighted by atomic mass is 9.33. The van der Waals surface area contributed by atoms with Gasteiger partial charge in [0.15, 0.2) is 0 Å². The normalized spacial score (nSPS) is 53.6. The Morgan fingerprint density at radius 2 is 1.53 bits per heavy atom. The van der Waals surface area contributed by atoms with Crippen LogP contribution in [0.4, 0.5) is 0 Å². The Hall–Kier alpha value is -0.790. The standard InChI is InChI=1S/C32H52O2/c1-19(2)23-18-20(3)22-12-16-31(8)24(28(22)23)10-11-26-30(7)15-14-27(34-21(4)33)29(5,6)25(30)13-17-32(26,31)9/h20,22-28H,1,10-18H2,2-9H3. The molecule has 34 heavy (non-hydrogen) atoms. The van der Waals surface area contributed by atoms with Gasteiger partial charge in [0.05, 0.1) is 0 Å². The summed E-state index contributed by atoms with van der Waals surface area (Å²) in [6, 6.07) is 0. The zero-order valence-electron chi connectivity index (χ0n) is 23.5. The van der Waals surface area contributed by atoms with Gasteiger partial charge in [0.1, 0.15) is 6.10 Å². The molecule has 11 unspecified atom stereocenters. The fourth-order valence-corrected chi connectivity index (χ4v) is 11.9. The van der Waals surface area contributed by atoms with E-state index in [9.17, 15) is 4.79 Å². The third-order valence-corrected chi connectivity index (χ3v) is 13.6. The smallest absolute Gasteiger partial charge is 0.302 e. The highest BCUT2D eigenvalue weighted by Crippen LogP contribution is 2.76. The Morgan fingerprint density at radius 3 is 2.18 bits per heavy atom. The summed E-state index contributed by atoms with van der Waals surface area (Å²) in [7, 11) is 0. The molecule has 0 saturated heterocycles. The van der Waals surface area contributed by atoms with Crippen molar-refractivity contribution in [3.63, 3.8) is 0 Å². The molecule has 0 aromatic rings. The van der Waals surface area contributed by atoms with Gasteiger partial charge in [-0.15, -0.1) is 0 Å². The molecule has 0 aromatic heterocycles. The van der Waals surface area contributed by atoms with Gasteiger partial charge in [0.2, 0.25) is 0 Å². The minimum Gasteiger partial charge on any atom is -0.462 e. The average molecular weight is 469 g/mol. The number of esters is 1. The molecule has 5 aliphatic rings. The second-order valence-electron chi connectivity index (χ2n) is 15.1. The zero-order chi connectivity index (χ0) is 24.8. The van der Waals surface area contributed by atoms with E-state index in [1.54, 1.807) is 6.92 Å². The van der Waals surface area contributed by atoms with Gasteiger partial charge in [-0.25, -0.2) is 0 Å². The van der Waals surface area contributed by atoms with Crippen molar-refractivity contribution in [2.45, 2.75) is 119 Å². The molecule has 0 radical (unpaired) electrons. The monoisotopic (exact) mass is 468 g/mol. The molecule has 5 rings (SSSR count). The highest BCUT2D eigenvalue weighted by Gasteiger charge is 2.69. The van der Waals surface area contributed by atoms with Crippen molar-refractivity contribution in [2.75, 3.05) is 0 Å². The predicted octanol–water partition coefficient (Wildman–Crippen LogP) is 8.45. The second-order valence-corrected chi connectivity index (χ2v) is 15.1. The van der Waals surface area contributed by atoms with Crippen LogP contribution in [-0.4, -0.2) is 12.1 Å². The lowest BCUT2D eigenvalue weighted by Crippen LogP contribution is -2.66. The number of allylic oxidation sites excluding steroid dienone is 1. The van der Waals surface area contributed by atoms with E-state index in [2.05, 4.69) is 55.0 Å². The van der Waals surface area contributed by atoms with Gasteiger partial charge < -0.3 is 4.74 Å². The van der Waals surface area contributed by atoms with E-state index in [0.717, 1.165) is 41.9 Å². The maximum Gasteiger partial charge on any atom is 0.302 e. The van der Waals surface area contributed by atoms with Gasteiger partial charge in [-0.2, -0.15) is 0 Å². The van der Waals surface area contributed by atoms with Crippen molar-refractivity contribution in [3.05, 3.63) is 12.2 Å². The molecule has 192 valence electrons. The van der Waals surface area contributed by atoms with Crippen molar-refractivity contribution in [1.29, 1.82) is 0 Å². The van der Waals surface area contributed by atoms with Crippen LogP contribution in [0.15, 0.2) is 12.2 Å². The molecule has 5 saturated carbocycles. The van der Waals surface area contributed by atoms with E-state index in [1.165, 1.54) is 56.9 Å². The van der Waals surface area contributed by atoms with Crippen molar-refractivity contribution < 1.29 is 9.53 Å². The Labute approximate surface area is 210 Å². The van der Waals surface area contributed by atoms with Crippen LogP contribution in [0.1, 0.15) is 113 Å². The van der Waals surface area contributed by atoms with Crippen LogP contribution < -0.4 is 0 Å². The van der Waals surface area contributed by atoms with Crippen LogP contribution in [0.2, 0.25) is 0 Å². The lowest BCUT2D eigenvalue weighted by Gasteiger charge is -2.72. The van der Waals surface area contributed by atoms with E-state index in [1.807, 2.05) is 0 Å². The topological polar surface area (TPSA) is 26.3 Å². The van der Waals surface area contributed by atoms with Gasteiger partial charge in [0.25, 0.3) is 0 Å². The highest BCUT2D eigenvalue weighted by atomic mass is 16.5. The largest absolute Gasteiger partial charge is 0.462 e. The van der Waals surface area contributed by atoms with Gasteiger partial charge in [-0.1, -0.05) is 53.7 Å². The molecule has 5 fully saturated rings. The van der Waals surface area contributed by atoms with E-state index in [-0.39, 0.29) is 17.5 Å². The molecule has 0 aromatic carbocycles. The number of hydrogen-bond acceptors (Lipinski definition) is 2. The maximum absolute atomic E-state index is 11.9. The van der Waals surface area contributed by atoms with Crippen LogP contribution in [0.5, 0.6) is 0 Å². The molecular formula is C32H52O2. The number of carbonyl (C=O) groups excluding carboxylic acids is 1. The molecule has 0 spiro atoms. The molecule has 11 atom stereocenters. The summed E-state index contributed by atoms with van der Waals surface area (Å²) in [6.45, 7) is 23.8. The van der Waals surface area contributed by atoms with E-state index < -0.39 is 0 Å². The fourth-order valence-electron chi connectivity index (χ4n) is 11.9. The zero-order valence-corrected chi connectivity index (χ0v) is 23.5. The van der Waals surface area contributed by atoms with Crippen LogP contribution >= 0.6 is 0 Å². The summed E-state index contributed by atoms with van der Waals surface area (Å²) < 4.78 is 5.91. The Balaban J connectivity index is 1.49. The highest BCUT2D eigenvalue weighted by molar-refractivity contribution is 5.66. The number of carbonyl (C=O) groups is 1. The summed E-state index contributed by atoms with van der Waals surface area (Å²) >= 11 is 0. The summed E-state index contributed by atoms with van der Waals surface area (Å²) in [6.07, 6.45) is 12.0. The molecule has 0 aliphatic heterocycles. The predicted molar refractivity (Wildman–Crippen MR) is 140 cm³/mol. The molecule has 0 bridgehead atoms. The van der Waals surface area contributed by atoms with Crippen molar-refractivity contribution in [1.82, 2.24) is 0 Å². The number of ether oxygens (including phenoxy) is 1. The molecular weight excluding hydrogens is 416 g/mol. The van der Waals surface area contributed by atoms with Gasteiger partial charge >= 0.3 is 5.97 Å². The Kier molecular flexibility index (Phi) is 5.75. The van der Waals surface area contributed by atoms with Crippen LogP contribution in [0.3, 0.4) is 0 Å². The van der Waals surface area contributed by atoms with Gasteiger partial charge in [-0.05, 0) is 122 Å². The molecule has 2 nitrogen and oxygen atoms in total. The third kappa shape index (κ3) is 3.14. The quantitative estimate of drug-likeness (QED) is 0.300. The summed E-state index contributed by atoms with van der Waals surface area (Å²) in [5.74, 6) is 5.59. The number of rotatable bonds is 2. The fraction of sp³-hybridized carbons (Fsp3) is 0.906. The maximum atomic E-state index is 11.9. The van der Waals surface area contributed by atoms with E-state index >= 15 is 0 Å². The van der Waals surface area contributed by atoms with Crippen molar-refractivity contribution in [2.24, 2.45) is 63.1 Å². The summed E-state index contributed by atoms with van der Waals surface area (Å²) in [5.41, 5.74) is 2.73. The van der Waals surface area contributed by atoms with Gasteiger partial charge in [0, 0.05) is 12.3 Å². The molecule has 0 N–H and O–H groups in total. The summed E-state index contributed by atoms with van der Waals surface area (Å²) in [4.78, 5) is 11.9. The first-order valence-corrected chi connectivity index (χ1v) is 14.6. The van der Waals surface area contributed by atoms with Crippen LogP contribution in [0, 0.1) is 63.1 Å². The SMILES string of the molecule is C=C(C)C1CC(C)C2CCC3(C)C(CCC4C5(C)CCC(OC(C)=O)C(C)(C)C5CCC43C)C12. The second kappa shape index (κ2) is 7.85. The number of hydrogen-bond donors (Lipinski definition) is 0. The first-order valence-electron chi connectivity index (χ1n) is 14.6. The van der Waals surface area contributed by atoms with Crippen molar-refractivity contribution >= 4 is 5.97 Å². The number of fused-ring (bicyclic) bond motifs is 7. The van der Waals surface area contributed by atoms with Gasteiger partial charge in [-0.3, -0.25) is 4.79 Å². The minimum atomic E-state index is -0.107.